The molecule has 2 fully saturated rings. The lowest BCUT2D eigenvalue weighted by molar-refractivity contribution is -0.0291. The predicted octanol–water partition coefficient (Wildman–Crippen LogP) is -0.0929. The summed E-state index contributed by atoms with van der Waals surface area (Å²) in [6, 6.07) is 0. The first kappa shape index (κ1) is 7.53. The molecule has 2 N–H and O–H groups in total. The summed E-state index contributed by atoms with van der Waals surface area (Å²) in [5.74, 6) is 0.494. The van der Waals surface area contributed by atoms with Crippen LogP contribution in [0.3, 0.4) is 0 Å². The normalized spacial score (nSPS) is 50.7. The Morgan fingerprint density at radius 2 is 1.82 bits per heavy atom. The minimum absolute atomic E-state index is 0.386. The van der Waals surface area contributed by atoms with Crippen LogP contribution in [0.25, 0.3) is 0 Å². The Labute approximate surface area is 66.0 Å². The van der Waals surface area contributed by atoms with Crippen molar-refractivity contribution in [2.24, 2.45) is 5.92 Å². The van der Waals surface area contributed by atoms with Gasteiger partial charge in [-0.05, 0) is 25.2 Å². The smallest absolute Gasteiger partial charge is 0.0839 e. The van der Waals surface area contributed by atoms with Crippen LogP contribution in [0.4, 0.5) is 0 Å². The van der Waals surface area contributed by atoms with Gasteiger partial charge in [0.25, 0.3) is 0 Å². The maximum absolute atomic E-state index is 9.32. The van der Waals surface area contributed by atoms with Gasteiger partial charge in [-0.25, -0.2) is 0 Å². The topological polar surface area (TPSA) is 53.0 Å². The zero-order chi connectivity index (χ0) is 7.84. The molecule has 2 rings (SSSR count). The van der Waals surface area contributed by atoms with Gasteiger partial charge in [-0.2, -0.15) is 0 Å². The number of hydrogen-bond donors (Lipinski definition) is 2. The largest absolute Gasteiger partial charge is 0.390 e. The van der Waals surface area contributed by atoms with Crippen molar-refractivity contribution in [1.82, 2.24) is 0 Å². The van der Waals surface area contributed by atoms with Gasteiger partial charge in [-0.1, -0.05) is 0 Å². The molecule has 1 saturated carbocycles. The number of hydrogen-bond acceptors (Lipinski definition) is 3. The van der Waals surface area contributed by atoms with E-state index < -0.39 is 12.2 Å². The fraction of sp³-hybridized carbons (Fsp3) is 1.00. The van der Waals surface area contributed by atoms with E-state index in [2.05, 4.69) is 0 Å². The molecule has 64 valence electrons. The van der Waals surface area contributed by atoms with Crippen molar-refractivity contribution in [2.75, 3.05) is 6.61 Å². The van der Waals surface area contributed by atoms with Gasteiger partial charge in [-0.15, -0.1) is 0 Å². The van der Waals surface area contributed by atoms with Crippen molar-refractivity contribution < 1.29 is 14.9 Å². The van der Waals surface area contributed by atoms with Crippen LogP contribution in [-0.2, 0) is 4.74 Å². The standard InChI is InChI=1S/C8H14O3/c9-6-2-1-5(3-7(6)10)8-4-11-8/h5-10H,1-4H2/t5-,6+,7+,8+/m1/s1. The first-order chi connectivity index (χ1) is 5.27. The molecule has 1 aliphatic carbocycles. The van der Waals surface area contributed by atoms with E-state index in [4.69, 9.17) is 4.74 Å². The van der Waals surface area contributed by atoms with E-state index in [-0.39, 0.29) is 0 Å². The Morgan fingerprint density at radius 1 is 1.09 bits per heavy atom. The van der Waals surface area contributed by atoms with E-state index in [1.807, 2.05) is 0 Å². The van der Waals surface area contributed by atoms with Gasteiger partial charge in [0, 0.05) is 0 Å². The molecule has 0 spiro atoms. The minimum atomic E-state index is -0.516. The molecule has 2 aliphatic rings. The molecule has 11 heavy (non-hydrogen) atoms. The number of rotatable bonds is 1. The second-order valence-corrected chi connectivity index (χ2v) is 3.58. The third kappa shape index (κ3) is 1.55. The van der Waals surface area contributed by atoms with Gasteiger partial charge in [0.15, 0.2) is 0 Å². The first-order valence-corrected chi connectivity index (χ1v) is 4.25. The molecule has 0 unspecified atom stereocenters. The van der Waals surface area contributed by atoms with Gasteiger partial charge < -0.3 is 14.9 Å². The van der Waals surface area contributed by atoms with Crippen molar-refractivity contribution in [2.45, 2.75) is 37.6 Å². The Balaban J connectivity index is 1.86. The van der Waals surface area contributed by atoms with Crippen molar-refractivity contribution in [3.8, 4) is 0 Å². The SMILES string of the molecule is O[C@H]1CC[C@@H]([C@@H]2CO2)C[C@@H]1O. The summed E-state index contributed by atoms with van der Waals surface area (Å²) in [4.78, 5) is 0. The van der Waals surface area contributed by atoms with E-state index >= 15 is 0 Å². The van der Waals surface area contributed by atoms with Crippen LogP contribution in [0.1, 0.15) is 19.3 Å². The molecule has 3 heteroatoms. The molecular formula is C8H14O3. The van der Waals surface area contributed by atoms with Crippen molar-refractivity contribution in [3.05, 3.63) is 0 Å². The number of aliphatic hydroxyl groups is 2. The van der Waals surface area contributed by atoms with Crippen LogP contribution in [0.2, 0.25) is 0 Å². The average molecular weight is 158 g/mol. The predicted molar refractivity (Wildman–Crippen MR) is 39.1 cm³/mol. The van der Waals surface area contributed by atoms with Crippen LogP contribution < -0.4 is 0 Å². The molecule has 1 heterocycles. The maximum atomic E-state index is 9.32. The quantitative estimate of drug-likeness (QED) is 0.524. The Kier molecular flexibility index (Phi) is 1.87. The molecule has 4 atom stereocenters. The monoisotopic (exact) mass is 158 g/mol. The zero-order valence-corrected chi connectivity index (χ0v) is 6.44. The number of epoxide rings is 1. The Morgan fingerprint density at radius 3 is 2.36 bits per heavy atom. The molecule has 0 aromatic carbocycles. The fourth-order valence-corrected chi connectivity index (χ4v) is 1.83. The fourth-order valence-electron chi connectivity index (χ4n) is 1.83. The second-order valence-electron chi connectivity index (χ2n) is 3.58. The summed E-state index contributed by atoms with van der Waals surface area (Å²) in [6.07, 6.45) is 1.82. The lowest BCUT2D eigenvalue weighted by Crippen LogP contribution is -2.35. The minimum Gasteiger partial charge on any atom is -0.390 e. The van der Waals surface area contributed by atoms with E-state index in [0.717, 1.165) is 19.4 Å². The molecule has 0 aromatic rings. The molecule has 1 saturated heterocycles. The molecule has 3 nitrogen and oxygen atoms in total. The van der Waals surface area contributed by atoms with E-state index in [9.17, 15) is 10.2 Å². The van der Waals surface area contributed by atoms with Gasteiger partial charge in [0.1, 0.15) is 0 Å². The summed E-state index contributed by atoms with van der Waals surface area (Å²) in [5, 5.41) is 18.5. The second kappa shape index (κ2) is 2.73. The highest BCUT2D eigenvalue weighted by Crippen LogP contribution is 2.33. The molecule has 0 amide bonds. The lowest BCUT2D eigenvalue weighted by Gasteiger charge is -2.28. The number of aliphatic hydroxyl groups excluding tert-OH is 2. The van der Waals surface area contributed by atoms with Gasteiger partial charge >= 0.3 is 0 Å². The summed E-state index contributed by atoms with van der Waals surface area (Å²) in [7, 11) is 0. The third-order valence-corrected chi connectivity index (χ3v) is 2.71. The van der Waals surface area contributed by atoms with Crippen molar-refractivity contribution >= 4 is 0 Å². The summed E-state index contributed by atoms with van der Waals surface area (Å²) in [5.41, 5.74) is 0. The zero-order valence-electron chi connectivity index (χ0n) is 6.44. The van der Waals surface area contributed by atoms with Crippen LogP contribution in [-0.4, -0.2) is 35.1 Å². The highest BCUT2D eigenvalue weighted by molar-refractivity contribution is 4.87. The van der Waals surface area contributed by atoms with Gasteiger partial charge in [0.2, 0.25) is 0 Å². The Bertz CT molecular complexity index is 144. The number of ether oxygens (including phenoxy) is 1. The summed E-state index contributed by atoms with van der Waals surface area (Å²) < 4.78 is 5.14. The lowest BCUT2D eigenvalue weighted by atomic mass is 9.83. The van der Waals surface area contributed by atoms with Crippen LogP contribution in [0.15, 0.2) is 0 Å². The first-order valence-electron chi connectivity index (χ1n) is 4.25. The molecular weight excluding hydrogens is 144 g/mol. The van der Waals surface area contributed by atoms with Crippen LogP contribution in [0, 0.1) is 5.92 Å². The average Bonchev–Trinajstić information content (AvgIpc) is 2.77. The highest BCUT2D eigenvalue weighted by atomic mass is 16.6. The summed E-state index contributed by atoms with van der Waals surface area (Å²) >= 11 is 0. The van der Waals surface area contributed by atoms with E-state index in [1.54, 1.807) is 0 Å². The van der Waals surface area contributed by atoms with E-state index in [1.165, 1.54) is 0 Å². The Hall–Kier alpha value is -0.120. The molecule has 0 radical (unpaired) electrons. The van der Waals surface area contributed by atoms with E-state index in [0.29, 0.717) is 18.4 Å². The van der Waals surface area contributed by atoms with Gasteiger partial charge in [0.05, 0.1) is 24.9 Å². The summed E-state index contributed by atoms with van der Waals surface area (Å²) in [6.45, 7) is 0.855. The van der Waals surface area contributed by atoms with Crippen molar-refractivity contribution in [3.63, 3.8) is 0 Å². The van der Waals surface area contributed by atoms with Crippen LogP contribution in [0.5, 0.6) is 0 Å². The van der Waals surface area contributed by atoms with Crippen LogP contribution >= 0.6 is 0 Å². The van der Waals surface area contributed by atoms with Gasteiger partial charge in [-0.3, -0.25) is 0 Å². The molecule has 0 aromatic heterocycles. The highest BCUT2D eigenvalue weighted by Gasteiger charge is 2.38. The van der Waals surface area contributed by atoms with Crippen molar-refractivity contribution in [1.29, 1.82) is 0 Å². The molecule has 0 bridgehead atoms. The maximum Gasteiger partial charge on any atom is 0.0839 e. The third-order valence-electron chi connectivity index (χ3n) is 2.71. The molecule has 1 aliphatic heterocycles.